The number of carbonyl (C=O) groups excluding carboxylic acids is 1. The predicted molar refractivity (Wildman–Crippen MR) is 135 cm³/mol. The standard InChI is InChI=1S/C29H29NO6/c1-3-35-27-14-18(12-13-26(27)34-2)23-15-30(16-24(23)28(31)32)29(33)36-17-25-21-10-6-4-8-19(21)20-9-5-7-11-22(20)25/h4-14,23-25H,3,15-17H2,1-2H3,(H,31,32). The van der Waals surface area contributed by atoms with E-state index in [1.54, 1.807) is 13.2 Å². The first kappa shape index (κ1) is 23.7. The summed E-state index contributed by atoms with van der Waals surface area (Å²) in [6.45, 7) is 2.88. The van der Waals surface area contributed by atoms with Gasteiger partial charge < -0.3 is 24.2 Å². The number of nitrogens with zero attached hydrogens (tertiary/aromatic N) is 1. The molecular weight excluding hydrogens is 458 g/mol. The van der Waals surface area contributed by atoms with Crippen LogP contribution in [-0.4, -0.2) is 55.5 Å². The highest BCUT2D eigenvalue weighted by atomic mass is 16.6. The van der Waals surface area contributed by atoms with Crippen molar-refractivity contribution in [1.29, 1.82) is 0 Å². The lowest BCUT2D eigenvalue weighted by atomic mass is 9.89. The first-order valence-electron chi connectivity index (χ1n) is 12.1. The Hall–Kier alpha value is -4.00. The number of methoxy groups -OCH3 is 1. The van der Waals surface area contributed by atoms with Crippen molar-refractivity contribution in [3.05, 3.63) is 83.4 Å². The van der Waals surface area contributed by atoms with E-state index < -0.39 is 18.0 Å². The van der Waals surface area contributed by atoms with Crippen LogP contribution in [0.5, 0.6) is 11.5 Å². The van der Waals surface area contributed by atoms with Gasteiger partial charge in [-0.05, 0) is 46.9 Å². The SMILES string of the molecule is CCOc1cc(C2CN(C(=O)OCC3c4ccccc4-c4ccccc43)CC2C(=O)O)ccc1OC. The molecule has 1 saturated heterocycles. The van der Waals surface area contributed by atoms with Gasteiger partial charge in [0.25, 0.3) is 0 Å². The molecule has 2 unspecified atom stereocenters. The van der Waals surface area contributed by atoms with Crippen LogP contribution in [0.2, 0.25) is 0 Å². The summed E-state index contributed by atoms with van der Waals surface area (Å²) in [6.07, 6.45) is -0.496. The Labute approximate surface area is 210 Å². The summed E-state index contributed by atoms with van der Waals surface area (Å²) in [5.74, 6) is -0.977. The molecule has 3 aromatic carbocycles. The molecule has 5 rings (SSSR count). The minimum atomic E-state index is -0.942. The van der Waals surface area contributed by atoms with Crippen LogP contribution in [0, 0.1) is 5.92 Å². The third-order valence-corrected chi connectivity index (χ3v) is 7.15. The molecule has 0 bridgehead atoms. The van der Waals surface area contributed by atoms with Crippen molar-refractivity contribution >= 4 is 12.1 Å². The van der Waals surface area contributed by atoms with Crippen LogP contribution in [0.3, 0.4) is 0 Å². The molecule has 1 heterocycles. The number of hydrogen-bond acceptors (Lipinski definition) is 5. The van der Waals surface area contributed by atoms with Gasteiger partial charge in [0.1, 0.15) is 6.61 Å². The smallest absolute Gasteiger partial charge is 0.409 e. The number of carboxylic acid groups (broad SMARTS) is 1. The summed E-state index contributed by atoms with van der Waals surface area (Å²) in [5, 5.41) is 9.90. The molecule has 0 saturated carbocycles. The highest BCUT2D eigenvalue weighted by Crippen LogP contribution is 2.45. The molecule has 7 heteroatoms. The van der Waals surface area contributed by atoms with E-state index in [4.69, 9.17) is 14.2 Å². The van der Waals surface area contributed by atoms with Crippen LogP contribution in [0.4, 0.5) is 4.79 Å². The van der Waals surface area contributed by atoms with E-state index in [0.29, 0.717) is 18.1 Å². The van der Waals surface area contributed by atoms with E-state index in [2.05, 4.69) is 24.3 Å². The Kier molecular flexibility index (Phi) is 6.55. The predicted octanol–water partition coefficient (Wildman–Crippen LogP) is 5.14. The Bertz CT molecular complexity index is 1240. The fourth-order valence-electron chi connectivity index (χ4n) is 5.42. The van der Waals surface area contributed by atoms with E-state index in [1.807, 2.05) is 43.3 Å². The van der Waals surface area contributed by atoms with Gasteiger partial charge in [-0.3, -0.25) is 4.79 Å². The van der Waals surface area contributed by atoms with Gasteiger partial charge in [-0.25, -0.2) is 4.79 Å². The second-order valence-corrected chi connectivity index (χ2v) is 9.10. The van der Waals surface area contributed by atoms with Crippen molar-refractivity contribution < 1.29 is 28.9 Å². The van der Waals surface area contributed by atoms with Crippen molar-refractivity contribution in [2.75, 3.05) is 33.4 Å². The number of aliphatic carboxylic acids is 1. The fourth-order valence-corrected chi connectivity index (χ4v) is 5.42. The molecular formula is C29H29NO6. The number of benzene rings is 3. The van der Waals surface area contributed by atoms with Gasteiger partial charge in [-0.1, -0.05) is 54.6 Å². The zero-order valence-corrected chi connectivity index (χ0v) is 20.3. The fraction of sp³-hybridized carbons (Fsp3) is 0.310. The first-order chi connectivity index (χ1) is 17.5. The minimum Gasteiger partial charge on any atom is -0.493 e. The largest absolute Gasteiger partial charge is 0.493 e. The first-order valence-corrected chi connectivity index (χ1v) is 12.1. The molecule has 1 N–H and O–H groups in total. The molecule has 7 nitrogen and oxygen atoms in total. The zero-order chi connectivity index (χ0) is 25.2. The lowest BCUT2D eigenvalue weighted by Gasteiger charge is -2.20. The van der Waals surface area contributed by atoms with Gasteiger partial charge in [0.15, 0.2) is 11.5 Å². The Morgan fingerprint density at radius 2 is 1.61 bits per heavy atom. The molecule has 1 fully saturated rings. The maximum atomic E-state index is 13.1. The van der Waals surface area contributed by atoms with Gasteiger partial charge in [-0.2, -0.15) is 0 Å². The van der Waals surface area contributed by atoms with E-state index in [1.165, 1.54) is 4.90 Å². The maximum absolute atomic E-state index is 13.1. The molecule has 0 spiro atoms. The third-order valence-electron chi connectivity index (χ3n) is 7.15. The van der Waals surface area contributed by atoms with Gasteiger partial charge in [-0.15, -0.1) is 0 Å². The van der Waals surface area contributed by atoms with E-state index in [-0.39, 0.29) is 31.5 Å². The number of amides is 1. The molecule has 186 valence electrons. The van der Waals surface area contributed by atoms with Gasteiger partial charge >= 0.3 is 12.1 Å². The number of fused-ring (bicyclic) bond motifs is 3. The van der Waals surface area contributed by atoms with Crippen molar-refractivity contribution in [3.8, 4) is 22.6 Å². The second kappa shape index (κ2) is 9.93. The highest BCUT2D eigenvalue weighted by Gasteiger charge is 2.42. The van der Waals surface area contributed by atoms with E-state index in [9.17, 15) is 14.7 Å². The quantitative estimate of drug-likeness (QED) is 0.497. The molecule has 36 heavy (non-hydrogen) atoms. The summed E-state index contributed by atoms with van der Waals surface area (Å²) < 4.78 is 16.8. The average Bonchev–Trinajstić information content (AvgIpc) is 3.48. The molecule has 0 aromatic heterocycles. The minimum absolute atomic E-state index is 0.0506. The van der Waals surface area contributed by atoms with Crippen LogP contribution in [-0.2, 0) is 9.53 Å². The van der Waals surface area contributed by atoms with Crippen LogP contribution in [0.1, 0.15) is 35.4 Å². The summed E-state index contributed by atoms with van der Waals surface area (Å²) in [6, 6.07) is 21.7. The van der Waals surface area contributed by atoms with Crippen LogP contribution >= 0.6 is 0 Å². The number of rotatable bonds is 7. The van der Waals surface area contributed by atoms with Crippen LogP contribution < -0.4 is 9.47 Å². The topological polar surface area (TPSA) is 85.3 Å². The molecule has 3 aromatic rings. The Morgan fingerprint density at radius 3 is 2.22 bits per heavy atom. The van der Waals surface area contributed by atoms with Crippen LogP contribution in [0.15, 0.2) is 66.7 Å². The number of ether oxygens (including phenoxy) is 3. The summed E-state index contributed by atoms with van der Waals surface area (Å²) in [4.78, 5) is 26.7. The molecule has 2 aliphatic rings. The number of likely N-dealkylation sites (tertiary alicyclic amines) is 1. The number of hydrogen-bond donors (Lipinski definition) is 1. The van der Waals surface area contributed by atoms with Crippen LogP contribution in [0.25, 0.3) is 11.1 Å². The van der Waals surface area contributed by atoms with E-state index in [0.717, 1.165) is 27.8 Å². The third kappa shape index (κ3) is 4.26. The van der Waals surface area contributed by atoms with Gasteiger partial charge in [0, 0.05) is 24.9 Å². The van der Waals surface area contributed by atoms with Crippen molar-refractivity contribution in [2.24, 2.45) is 5.92 Å². The molecule has 2 atom stereocenters. The Balaban J connectivity index is 1.32. The van der Waals surface area contributed by atoms with Gasteiger partial charge in [0.05, 0.1) is 19.6 Å². The summed E-state index contributed by atoms with van der Waals surface area (Å²) in [7, 11) is 1.56. The van der Waals surface area contributed by atoms with Gasteiger partial charge in [0.2, 0.25) is 0 Å². The number of carbonyl (C=O) groups is 2. The highest BCUT2D eigenvalue weighted by molar-refractivity contribution is 5.79. The lowest BCUT2D eigenvalue weighted by molar-refractivity contribution is -0.141. The summed E-state index contributed by atoms with van der Waals surface area (Å²) in [5.41, 5.74) is 5.38. The summed E-state index contributed by atoms with van der Waals surface area (Å²) >= 11 is 0. The molecule has 1 amide bonds. The zero-order valence-electron chi connectivity index (χ0n) is 20.3. The number of carboxylic acids is 1. The average molecular weight is 488 g/mol. The maximum Gasteiger partial charge on any atom is 0.409 e. The Morgan fingerprint density at radius 1 is 0.944 bits per heavy atom. The molecule has 0 radical (unpaired) electrons. The molecule has 1 aliphatic heterocycles. The molecule has 1 aliphatic carbocycles. The van der Waals surface area contributed by atoms with Crippen molar-refractivity contribution in [3.63, 3.8) is 0 Å². The second-order valence-electron chi connectivity index (χ2n) is 9.10. The van der Waals surface area contributed by atoms with Crippen molar-refractivity contribution in [1.82, 2.24) is 4.90 Å². The monoisotopic (exact) mass is 487 g/mol. The lowest BCUT2D eigenvalue weighted by Crippen LogP contribution is -2.31. The van der Waals surface area contributed by atoms with Crippen molar-refractivity contribution in [2.45, 2.75) is 18.8 Å². The normalized spacial score (nSPS) is 18.4. The van der Waals surface area contributed by atoms with E-state index >= 15 is 0 Å².